The molecule has 0 amide bonds. The summed E-state index contributed by atoms with van der Waals surface area (Å²) in [5, 5.41) is 3.27. The normalized spacial score (nSPS) is 32.1. The molecule has 0 aromatic rings. The molecule has 1 N–H and O–H groups in total. The predicted octanol–water partition coefficient (Wildman–Crippen LogP) is 1.87. The molecule has 0 saturated heterocycles. The fraction of sp³-hybridized carbons (Fsp3) is 0.556. The fourth-order valence-electron chi connectivity index (χ4n) is 1.01. The number of nitrogens with one attached hydrogen (secondary N) is 1. The highest BCUT2D eigenvalue weighted by atomic mass is 14.9. The van der Waals surface area contributed by atoms with Crippen LogP contribution in [-0.4, -0.2) is 12.6 Å². The van der Waals surface area contributed by atoms with Crippen LogP contribution in [0.15, 0.2) is 23.8 Å². The van der Waals surface area contributed by atoms with Crippen LogP contribution in [0.3, 0.4) is 0 Å². The lowest BCUT2D eigenvalue weighted by Gasteiger charge is -2.26. The Morgan fingerprint density at radius 2 is 2.30 bits per heavy atom. The molecular weight excluding hydrogens is 122 g/mol. The second kappa shape index (κ2) is 2.59. The van der Waals surface area contributed by atoms with Gasteiger partial charge in [-0.05, 0) is 27.3 Å². The van der Waals surface area contributed by atoms with Crippen LogP contribution in [-0.2, 0) is 0 Å². The van der Waals surface area contributed by atoms with Gasteiger partial charge in [-0.3, -0.25) is 0 Å². The van der Waals surface area contributed by atoms with E-state index in [4.69, 9.17) is 0 Å². The molecule has 10 heavy (non-hydrogen) atoms. The molecule has 1 atom stereocenters. The molecule has 0 aromatic carbocycles. The van der Waals surface area contributed by atoms with E-state index in [0.29, 0.717) is 0 Å². The number of hydrogen-bond acceptors (Lipinski definition) is 1. The summed E-state index contributed by atoms with van der Waals surface area (Å²) in [6.45, 7) is 4.33. The minimum Gasteiger partial charge on any atom is -0.311 e. The molecular formula is C9H15N. The predicted molar refractivity (Wildman–Crippen MR) is 45.0 cm³/mol. The quantitative estimate of drug-likeness (QED) is 0.581. The van der Waals surface area contributed by atoms with E-state index < -0.39 is 0 Å². The van der Waals surface area contributed by atoms with E-state index in [1.807, 2.05) is 7.05 Å². The van der Waals surface area contributed by atoms with Gasteiger partial charge in [-0.1, -0.05) is 23.8 Å². The molecule has 1 unspecified atom stereocenters. The summed E-state index contributed by atoms with van der Waals surface area (Å²) in [4.78, 5) is 0. The Kier molecular flexibility index (Phi) is 1.95. The molecule has 1 heteroatoms. The van der Waals surface area contributed by atoms with E-state index in [9.17, 15) is 0 Å². The van der Waals surface area contributed by atoms with Crippen molar-refractivity contribution in [3.63, 3.8) is 0 Å². The highest BCUT2D eigenvalue weighted by molar-refractivity contribution is 5.26. The van der Waals surface area contributed by atoms with Gasteiger partial charge in [0, 0.05) is 5.54 Å². The lowest BCUT2D eigenvalue weighted by Crippen LogP contribution is -2.37. The third-order valence-corrected chi connectivity index (χ3v) is 2.13. The number of rotatable bonds is 1. The van der Waals surface area contributed by atoms with Gasteiger partial charge < -0.3 is 5.32 Å². The smallest absolute Gasteiger partial charge is 0.0371 e. The molecule has 0 aromatic heterocycles. The minimum atomic E-state index is 0.194. The zero-order valence-electron chi connectivity index (χ0n) is 6.94. The Bertz CT molecular complexity index is 179. The molecule has 0 saturated carbocycles. The SMILES string of the molecule is CNC1(C)C=CC(C)=CC1. The highest BCUT2D eigenvalue weighted by Crippen LogP contribution is 2.19. The van der Waals surface area contributed by atoms with Crippen molar-refractivity contribution in [2.45, 2.75) is 25.8 Å². The number of allylic oxidation sites excluding steroid dienone is 2. The van der Waals surface area contributed by atoms with Crippen molar-refractivity contribution in [2.75, 3.05) is 7.05 Å². The van der Waals surface area contributed by atoms with Crippen molar-refractivity contribution in [1.82, 2.24) is 5.32 Å². The third kappa shape index (κ3) is 1.48. The molecule has 0 heterocycles. The van der Waals surface area contributed by atoms with E-state index >= 15 is 0 Å². The van der Waals surface area contributed by atoms with Crippen molar-refractivity contribution in [2.24, 2.45) is 0 Å². The summed E-state index contributed by atoms with van der Waals surface area (Å²) in [5.74, 6) is 0. The Hall–Kier alpha value is -0.560. The summed E-state index contributed by atoms with van der Waals surface area (Å²) in [6.07, 6.45) is 7.75. The van der Waals surface area contributed by atoms with E-state index in [0.717, 1.165) is 6.42 Å². The molecule has 0 spiro atoms. The van der Waals surface area contributed by atoms with E-state index in [2.05, 4.69) is 37.4 Å². The lowest BCUT2D eigenvalue weighted by atomic mass is 9.91. The summed E-state index contributed by atoms with van der Waals surface area (Å²) in [5.41, 5.74) is 1.56. The molecule has 1 rings (SSSR count). The Morgan fingerprint density at radius 1 is 1.60 bits per heavy atom. The van der Waals surface area contributed by atoms with Crippen LogP contribution >= 0.6 is 0 Å². The second-order valence-electron chi connectivity index (χ2n) is 3.15. The van der Waals surface area contributed by atoms with Gasteiger partial charge in [0.25, 0.3) is 0 Å². The lowest BCUT2D eigenvalue weighted by molar-refractivity contribution is 0.479. The van der Waals surface area contributed by atoms with Gasteiger partial charge in [-0.2, -0.15) is 0 Å². The maximum absolute atomic E-state index is 3.27. The molecule has 1 aliphatic carbocycles. The summed E-state index contributed by atoms with van der Waals surface area (Å²) in [6, 6.07) is 0. The van der Waals surface area contributed by atoms with Crippen LogP contribution in [0, 0.1) is 0 Å². The fourth-order valence-corrected chi connectivity index (χ4v) is 1.01. The maximum atomic E-state index is 3.27. The summed E-state index contributed by atoms with van der Waals surface area (Å²) >= 11 is 0. The topological polar surface area (TPSA) is 12.0 Å². The van der Waals surface area contributed by atoms with Gasteiger partial charge in [0.1, 0.15) is 0 Å². The zero-order valence-corrected chi connectivity index (χ0v) is 6.94. The zero-order chi connectivity index (χ0) is 7.61. The van der Waals surface area contributed by atoms with Gasteiger partial charge in [-0.15, -0.1) is 0 Å². The van der Waals surface area contributed by atoms with E-state index in [1.54, 1.807) is 0 Å². The van der Waals surface area contributed by atoms with Gasteiger partial charge in [0.05, 0.1) is 0 Å². The molecule has 1 nitrogen and oxygen atoms in total. The van der Waals surface area contributed by atoms with Crippen molar-refractivity contribution < 1.29 is 0 Å². The van der Waals surface area contributed by atoms with Crippen LogP contribution in [0.25, 0.3) is 0 Å². The van der Waals surface area contributed by atoms with Gasteiger partial charge in [0.2, 0.25) is 0 Å². The van der Waals surface area contributed by atoms with Gasteiger partial charge >= 0.3 is 0 Å². The number of hydrogen-bond donors (Lipinski definition) is 1. The molecule has 56 valence electrons. The first-order valence-corrected chi connectivity index (χ1v) is 3.71. The van der Waals surface area contributed by atoms with Crippen LogP contribution in [0.1, 0.15) is 20.3 Å². The van der Waals surface area contributed by atoms with Crippen molar-refractivity contribution in [1.29, 1.82) is 0 Å². The first-order chi connectivity index (χ1) is 4.66. The summed E-state index contributed by atoms with van der Waals surface area (Å²) < 4.78 is 0. The molecule has 0 radical (unpaired) electrons. The maximum Gasteiger partial charge on any atom is 0.0371 e. The first kappa shape index (κ1) is 7.55. The third-order valence-electron chi connectivity index (χ3n) is 2.13. The van der Waals surface area contributed by atoms with E-state index in [-0.39, 0.29) is 5.54 Å². The van der Waals surface area contributed by atoms with E-state index in [1.165, 1.54) is 5.57 Å². The highest BCUT2D eigenvalue weighted by Gasteiger charge is 2.18. The number of likely N-dealkylation sites (N-methyl/N-ethyl adjacent to an activating group) is 1. The molecule has 0 fully saturated rings. The monoisotopic (exact) mass is 137 g/mol. The second-order valence-corrected chi connectivity index (χ2v) is 3.15. The Labute approximate surface area is 62.8 Å². The Balaban J connectivity index is 2.67. The summed E-state index contributed by atoms with van der Waals surface area (Å²) in [7, 11) is 2.00. The molecule has 0 bridgehead atoms. The van der Waals surface area contributed by atoms with Crippen LogP contribution in [0.5, 0.6) is 0 Å². The van der Waals surface area contributed by atoms with Crippen molar-refractivity contribution in [3.05, 3.63) is 23.8 Å². The van der Waals surface area contributed by atoms with Crippen LogP contribution in [0.2, 0.25) is 0 Å². The Morgan fingerprint density at radius 3 is 2.70 bits per heavy atom. The van der Waals surface area contributed by atoms with Crippen molar-refractivity contribution >= 4 is 0 Å². The van der Waals surface area contributed by atoms with Crippen molar-refractivity contribution in [3.8, 4) is 0 Å². The average molecular weight is 137 g/mol. The van der Waals surface area contributed by atoms with Gasteiger partial charge in [0.15, 0.2) is 0 Å². The van der Waals surface area contributed by atoms with Gasteiger partial charge in [-0.25, -0.2) is 0 Å². The van der Waals surface area contributed by atoms with Crippen LogP contribution < -0.4 is 5.32 Å². The first-order valence-electron chi connectivity index (χ1n) is 3.71. The molecule has 1 aliphatic rings. The molecule has 0 aliphatic heterocycles. The van der Waals surface area contributed by atoms with Crippen LogP contribution in [0.4, 0.5) is 0 Å². The largest absolute Gasteiger partial charge is 0.311 e. The average Bonchev–Trinajstić information content (AvgIpc) is 1.96. The standard InChI is InChI=1S/C9H15N/c1-8-4-6-9(2,10-3)7-5-8/h4-6,10H,7H2,1-3H3. The minimum absolute atomic E-state index is 0.194.